The van der Waals surface area contributed by atoms with Crippen LogP contribution in [-0.4, -0.2) is 11.9 Å². The first-order valence-electron chi connectivity index (χ1n) is 7.95. The molecule has 1 saturated carbocycles. The summed E-state index contributed by atoms with van der Waals surface area (Å²) in [5, 5.41) is 3.61. The molecule has 0 aliphatic heterocycles. The molecular weight excluding hydrogens is 260 g/mol. The van der Waals surface area contributed by atoms with Crippen molar-refractivity contribution in [1.29, 1.82) is 0 Å². The second-order valence-electron chi connectivity index (χ2n) is 7.40. The normalized spacial score (nSPS) is 22.9. The number of nitrogens with one attached hydrogen (secondary N) is 1. The maximum Gasteiger partial charge on any atom is 0.249 e. The maximum absolute atomic E-state index is 11.4. The number of hydrogen-bond donors (Lipinski definition) is 2. The van der Waals surface area contributed by atoms with Gasteiger partial charge in [-0.2, -0.15) is 0 Å². The zero-order chi connectivity index (χ0) is 15.6. The SMILES string of the molecule is Cc1c(NC2CCC(C(C)(C)C)CC2)cccc1C(N)=O. The van der Waals surface area contributed by atoms with E-state index in [1.54, 1.807) is 6.07 Å². The van der Waals surface area contributed by atoms with E-state index < -0.39 is 0 Å². The Labute approximate surface area is 128 Å². The summed E-state index contributed by atoms with van der Waals surface area (Å²) in [6.45, 7) is 8.98. The van der Waals surface area contributed by atoms with Crippen LogP contribution in [0.2, 0.25) is 0 Å². The lowest BCUT2D eigenvalue weighted by Gasteiger charge is -2.37. The molecule has 0 saturated heterocycles. The molecule has 1 amide bonds. The lowest BCUT2D eigenvalue weighted by Crippen LogP contribution is -2.31. The van der Waals surface area contributed by atoms with Gasteiger partial charge in [0.25, 0.3) is 0 Å². The second-order valence-corrected chi connectivity index (χ2v) is 7.40. The molecule has 3 nitrogen and oxygen atoms in total. The van der Waals surface area contributed by atoms with Crippen molar-refractivity contribution < 1.29 is 4.79 Å². The molecule has 21 heavy (non-hydrogen) atoms. The molecule has 3 heteroatoms. The van der Waals surface area contributed by atoms with Crippen molar-refractivity contribution in [2.45, 2.75) is 59.4 Å². The molecule has 1 aliphatic rings. The number of amides is 1. The van der Waals surface area contributed by atoms with Gasteiger partial charge in [0.2, 0.25) is 5.91 Å². The summed E-state index contributed by atoms with van der Waals surface area (Å²) in [6, 6.07) is 6.23. The molecule has 0 radical (unpaired) electrons. The third-order valence-electron chi connectivity index (χ3n) is 4.91. The van der Waals surface area contributed by atoms with Crippen LogP contribution in [0.5, 0.6) is 0 Å². The highest BCUT2D eigenvalue weighted by Gasteiger charge is 2.29. The van der Waals surface area contributed by atoms with E-state index in [-0.39, 0.29) is 5.91 Å². The monoisotopic (exact) mass is 288 g/mol. The van der Waals surface area contributed by atoms with Crippen LogP contribution in [0.25, 0.3) is 0 Å². The molecule has 0 atom stereocenters. The van der Waals surface area contributed by atoms with Crippen LogP contribution >= 0.6 is 0 Å². The minimum atomic E-state index is -0.354. The Hall–Kier alpha value is -1.51. The van der Waals surface area contributed by atoms with Gasteiger partial charge < -0.3 is 11.1 Å². The van der Waals surface area contributed by atoms with E-state index in [1.807, 2.05) is 19.1 Å². The second kappa shape index (κ2) is 6.08. The number of rotatable bonds is 3. The van der Waals surface area contributed by atoms with Crippen LogP contribution in [0, 0.1) is 18.3 Å². The fraction of sp³-hybridized carbons (Fsp3) is 0.611. The Morgan fingerprint density at radius 1 is 1.19 bits per heavy atom. The largest absolute Gasteiger partial charge is 0.382 e. The Bertz CT molecular complexity index is 508. The average Bonchev–Trinajstić information content (AvgIpc) is 2.40. The summed E-state index contributed by atoms with van der Waals surface area (Å²) in [6.07, 6.45) is 4.94. The molecule has 1 fully saturated rings. The highest BCUT2D eigenvalue weighted by molar-refractivity contribution is 5.95. The van der Waals surface area contributed by atoms with Crippen LogP contribution < -0.4 is 11.1 Å². The number of carbonyl (C=O) groups excluding carboxylic acids is 1. The highest BCUT2D eigenvalue weighted by atomic mass is 16.1. The molecule has 1 aromatic carbocycles. The Kier molecular flexibility index (Phi) is 4.60. The third-order valence-corrected chi connectivity index (χ3v) is 4.91. The predicted octanol–water partition coefficient (Wildman–Crippen LogP) is 4.11. The summed E-state index contributed by atoms with van der Waals surface area (Å²) in [7, 11) is 0. The van der Waals surface area contributed by atoms with Gasteiger partial charge >= 0.3 is 0 Å². The molecule has 0 heterocycles. The van der Waals surface area contributed by atoms with Crippen molar-refractivity contribution in [3.05, 3.63) is 29.3 Å². The average molecular weight is 288 g/mol. The Morgan fingerprint density at radius 2 is 1.81 bits per heavy atom. The van der Waals surface area contributed by atoms with E-state index >= 15 is 0 Å². The number of anilines is 1. The van der Waals surface area contributed by atoms with Gasteiger partial charge in [0.15, 0.2) is 0 Å². The summed E-state index contributed by atoms with van der Waals surface area (Å²) in [4.78, 5) is 11.4. The number of carbonyl (C=O) groups is 1. The van der Waals surface area contributed by atoms with Gasteiger partial charge in [-0.25, -0.2) is 0 Å². The van der Waals surface area contributed by atoms with Crippen LogP contribution in [0.4, 0.5) is 5.69 Å². The summed E-state index contributed by atoms with van der Waals surface area (Å²) in [5.41, 5.74) is 8.45. The number of hydrogen-bond acceptors (Lipinski definition) is 2. The third kappa shape index (κ3) is 3.78. The maximum atomic E-state index is 11.4. The van der Waals surface area contributed by atoms with Gasteiger partial charge in [0.05, 0.1) is 0 Å². The van der Waals surface area contributed by atoms with Crippen molar-refractivity contribution in [2.75, 3.05) is 5.32 Å². The summed E-state index contributed by atoms with van der Waals surface area (Å²) >= 11 is 0. The minimum absolute atomic E-state index is 0.354. The van der Waals surface area contributed by atoms with E-state index in [1.165, 1.54) is 25.7 Å². The van der Waals surface area contributed by atoms with Gasteiger partial charge in [-0.05, 0) is 61.6 Å². The van der Waals surface area contributed by atoms with E-state index in [9.17, 15) is 4.79 Å². The van der Waals surface area contributed by atoms with Gasteiger partial charge in [-0.1, -0.05) is 26.8 Å². The molecule has 2 rings (SSSR count). The van der Waals surface area contributed by atoms with Crippen molar-refractivity contribution >= 4 is 11.6 Å². The van der Waals surface area contributed by atoms with E-state index in [2.05, 4.69) is 26.1 Å². The van der Waals surface area contributed by atoms with Crippen molar-refractivity contribution in [2.24, 2.45) is 17.1 Å². The van der Waals surface area contributed by atoms with Crippen LogP contribution in [0.3, 0.4) is 0 Å². The number of nitrogens with two attached hydrogens (primary N) is 1. The standard InChI is InChI=1S/C18H28N2O/c1-12-15(17(19)21)6-5-7-16(12)20-14-10-8-13(9-11-14)18(2,3)4/h5-7,13-14,20H,8-11H2,1-4H3,(H2,19,21). The topological polar surface area (TPSA) is 55.1 Å². The molecule has 1 aromatic rings. The fourth-order valence-electron chi connectivity index (χ4n) is 3.38. The lowest BCUT2D eigenvalue weighted by molar-refractivity contribution is 0.0999. The molecule has 0 unspecified atom stereocenters. The Balaban J connectivity index is 2.01. The van der Waals surface area contributed by atoms with Gasteiger partial charge in [-0.15, -0.1) is 0 Å². The minimum Gasteiger partial charge on any atom is -0.382 e. The van der Waals surface area contributed by atoms with Crippen molar-refractivity contribution in [3.63, 3.8) is 0 Å². The zero-order valence-electron chi connectivity index (χ0n) is 13.7. The fourth-order valence-corrected chi connectivity index (χ4v) is 3.38. The molecule has 0 aromatic heterocycles. The first-order valence-corrected chi connectivity index (χ1v) is 7.95. The lowest BCUT2D eigenvalue weighted by atomic mass is 9.71. The van der Waals surface area contributed by atoms with Crippen LogP contribution in [-0.2, 0) is 0 Å². The van der Waals surface area contributed by atoms with E-state index in [0.29, 0.717) is 17.0 Å². The van der Waals surface area contributed by atoms with Crippen molar-refractivity contribution in [1.82, 2.24) is 0 Å². The van der Waals surface area contributed by atoms with E-state index in [4.69, 9.17) is 5.73 Å². The highest BCUT2D eigenvalue weighted by Crippen LogP contribution is 2.38. The summed E-state index contributed by atoms with van der Waals surface area (Å²) < 4.78 is 0. The molecular formula is C18H28N2O. The first-order chi connectivity index (χ1) is 9.79. The quantitative estimate of drug-likeness (QED) is 0.879. The van der Waals surface area contributed by atoms with Gasteiger partial charge in [-0.3, -0.25) is 4.79 Å². The molecule has 0 spiro atoms. The van der Waals surface area contributed by atoms with Crippen molar-refractivity contribution in [3.8, 4) is 0 Å². The molecule has 116 valence electrons. The molecule has 0 bridgehead atoms. The van der Waals surface area contributed by atoms with E-state index in [0.717, 1.165) is 17.2 Å². The predicted molar refractivity (Wildman–Crippen MR) is 88.5 cm³/mol. The van der Waals surface area contributed by atoms with Gasteiger partial charge in [0, 0.05) is 17.3 Å². The molecule has 1 aliphatic carbocycles. The number of primary amides is 1. The number of benzene rings is 1. The van der Waals surface area contributed by atoms with Crippen LogP contribution in [0.15, 0.2) is 18.2 Å². The first kappa shape index (κ1) is 15.9. The smallest absolute Gasteiger partial charge is 0.249 e. The Morgan fingerprint density at radius 3 is 2.33 bits per heavy atom. The summed E-state index contributed by atoms with van der Waals surface area (Å²) in [5.74, 6) is 0.459. The zero-order valence-corrected chi connectivity index (χ0v) is 13.7. The molecule has 3 N–H and O–H groups in total. The van der Waals surface area contributed by atoms with Crippen LogP contribution in [0.1, 0.15) is 62.4 Å². The van der Waals surface area contributed by atoms with Gasteiger partial charge in [0.1, 0.15) is 0 Å².